The molecule has 0 spiro atoms. The van der Waals surface area contributed by atoms with Gasteiger partial charge in [0.05, 0.1) is 11.4 Å². The molecular weight excluding hydrogens is 411 g/mol. The average Bonchev–Trinajstić information content (AvgIpc) is 3.27. The summed E-state index contributed by atoms with van der Waals surface area (Å²) in [5, 5.41) is 6.95. The summed E-state index contributed by atoms with van der Waals surface area (Å²) in [7, 11) is 0. The van der Waals surface area contributed by atoms with Gasteiger partial charge in [-0.2, -0.15) is 5.10 Å². The minimum atomic E-state index is -1.16. The zero-order valence-electron chi connectivity index (χ0n) is 17.1. The molecule has 1 amide bonds. The summed E-state index contributed by atoms with van der Waals surface area (Å²) in [4.78, 5) is 29.5. The van der Waals surface area contributed by atoms with E-state index in [0.29, 0.717) is 11.3 Å². The Bertz CT molecular complexity index is 1240. The van der Waals surface area contributed by atoms with Gasteiger partial charge in [0.15, 0.2) is 6.10 Å². The SMILES string of the molecule is CC(OC(=O)c1cn(-c2ccccc2)nc1-c1cccnc1)C(=O)Nc1ccccc1F. The van der Waals surface area contributed by atoms with Crippen LogP contribution in [0.25, 0.3) is 16.9 Å². The molecular formula is C24H19FN4O3. The van der Waals surface area contributed by atoms with E-state index >= 15 is 0 Å². The highest BCUT2D eigenvalue weighted by Crippen LogP contribution is 2.24. The summed E-state index contributed by atoms with van der Waals surface area (Å²) in [6.45, 7) is 1.42. The molecule has 0 aliphatic heterocycles. The second-order valence-corrected chi connectivity index (χ2v) is 6.93. The number of carbonyl (C=O) groups is 2. The topological polar surface area (TPSA) is 86.1 Å². The van der Waals surface area contributed by atoms with Crippen LogP contribution in [-0.2, 0) is 9.53 Å². The second kappa shape index (κ2) is 9.22. The van der Waals surface area contributed by atoms with Crippen molar-refractivity contribution in [1.82, 2.24) is 14.8 Å². The van der Waals surface area contributed by atoms with E-state index in [1.165, 1.54) is 25.1 Å². The van der Waals surface area contributed by atoms with Crippen LogP contribution in [0.5, 0.6) is 0 Å². The predicted molar refractivity (Wildman–Crippen MR) is 117 cm³/mol. The van der Waals surface area contributed by atoms with Gasteiger partial charge in [-0.1, -0.05) is 30.3 Å². The number of anilines is 1. The van der Waals surface area contributed by atoms with Gasteiger partial charge in [-0.05, 0) is 43.3 Å². The molecule has 8 heteroatoms. The first-order valence-electron chi connectivity index (χ1n) is 9.85. The second-order valence-electron chi connectivity index (χ2n) is 6.93. The van der Waals surface area contributed by atoms with E-state index < -0.39 is 23.8 Å². The highest BCUT2D eigenvalue weighted by molar-refractivity contribution is 6.00. The molecule has 0 saturated heterocycles. The van der Waals surface area contributed by atoms with Gasteiger partial charge >= 0.3 is 5.97 Å². The van der Waals surface area contributed by atoms with Crippen LogP contribution >= 0.6 is 0 Å². The number of nitrogens with one attached hydrogen (secondary N) is 1. The third-order valence-corrected chi connectivity index (χ3v) is 4.67. The highest BCUT2D eigenvalue weighted by atomic mass is 19.1. The molecule has 2 aromatic heterocycles. The fourth-order valence-electron chi connectivity index (χ4n) is 3.03. The molecule has 0 radical (unpaired) electrons. The molecule has 0 fully saturated rings. The van der Waals surface area contributed by atoms with Crippen LogP contribution in [0.15, 0.2) is 85.3 Å². The van der Waals surface area contributed by atoms with E-state index in [1.807, 2.05) is 30.3 Å². The fraction of sp³-hybridized carbons (Fsp3) is 0.0833. The monoisotopic (exact) mass is 430 g/mol. The Balaban J connectivity index is 1.59. The number of amides is 1. The number of benzene rings is 2. The Labute approximate surface area is 183 Å². The van der Waals surface area contributed by atoms with Gasteiger partial charge in [-0.15, -0.1) is 0 Å². The maximum absolute atomic E-state index is 13.8. The van der Waals surface area contributed by atoms with Gasteiger partial charge in [0, 0.05) is 24.2 Å². The normalized spacial score (nSPS) is 11.6. The molecule has 0 aliphatic carbocycles. The van der Waals surface area contributed by atoms with E-state index in [2.05, 4.69) is 15.4 Å². The van der Waals surface area contributed by atoms with E-state index in [0.717, 1.165) is 5.69 Å². The van der Waals surface area contributed by atoms with Crippen molar-refractivity contribution in [2.75, 3.05) is 5.32 Å². The number of nitrogens with zero attached hydrogens (tertiary/aromatic N) is 3. The number of hydrogen-bond donors (Lipinski definition) is 1. The van der Waals surface area contributed by atoms with Gasteiger partial charge in [0.2, 0.25) is 0 Å². The molecule has 0 saturated carbocycles. The van der Waals surface area contributed by atoms with E-state index in [9.17, 15) is 14.0 Å². The van der Waals surface area contributed by atoms with Crippen LogP contribution in [0.1, 0.15) is 17.3 Å². The third-order valence-electron chi connectivity index (χ3n) is 4.67. The zero-order chi connectivity index (χ0) is 22.5. The Morgan fingerprint density at radius 1 is 1.03 bits per heavy atom. The van der Waals surface area contributed by atoms with Crippen molar-refractivity contribution in [3.8, 4) is 16.9 Å². The standard InChI is InChI=1S/C24H19FN4O3/c1-16(23(30)27-21-12-6-5-11-20(21)25)32-24(31)19-15-29(18-9-3-2-4-10-18)28-22(19)17-8-7-13-26-14-17/h2-16H,1H3,(H,27,30). The number of aromatic nitrogens is 3. The molecule has 1 atom stereocenters. The Morgan fingerprint density at radius 3 is 2.50 bits per heavy atom. The number of hydrogen-bond acceptors (Lipinski definition) is 5. The van der Waals surface area contributed by atoms with Crippen LogP contribution < -0.4 is 5.32 Å². The van der Waals surface area contributed by atoms with Crippen LogP contribution in [-0.4, -0.2) is 32.7 Å². The lowest BCUT2D eigenvalue weighted by molar-refractivity contribution is -0.123. The number of esters is 1. The van der Waals surface area contributed by atoms with E-state index in [1.54, 1.807) is 41.5 Å². The quantitative estimate of drug-likeness (QED) is 0.462. The van der Waals surface area contributed by atoms with Crippen molar-refractivity contribution >= 4 is 17.6 Å². The lowest BCUT2D eigenvalue weighted by Gasteiger charge is -2.13. The van der Waals surface area contributed by atoms with Crippen LogP contribution in [0, 0.1) is 5.82 Å². The molecule has 1 unspecified atom stereocenters. The highest BCUT2D eigenvalue weighted by Gasteiger charge is 2.25. The van der Waals surface area contributed by atoms with Crippen molar-refractivity contribution in [1.29, 1.82) is 0 Å². The van der Waals surface area contributed by atoms with Gasteiger partial charge in [0.25, 0.3) is 5.91 Å². The number of pyridine rings is 1. The lowest BCUT2D eigenvalue weighted by atomic mass is 10.1. The van der Waals surface area contributed by atoms with Gasteiger partial charge in [-0.3, -0.25) is 9.78 Å². The molecule has 0 aliphatic rings. The van der Waals surface area contributed by atoms with Crippen molar-refractivity contribution in [2.24, 2.45) is 0 Å². The summed E-state index contributed by atoms with van der Waals surface area (Å²) >= 11 is 0. The van der Waals surface area contributed by atoms with E-state index in [-0.39, 0.29) is 11.3 Å². The maximum Gasteiger partial charge on any atom is 0.342 e. The molecule has 4 aromatic rings. The van der Waals surface area contributed by atoms with Crippen LogP contribution in [0.4, 0.5) is 10.1 Å². The minimum absolute atomic E-state index is 0.00773. The molecule has 0 bridgehead atoms. The van der Waals surface area contributed by atoms with E-state index in [4.69, 9.17) is 4.74 Å². The minimum Gasteiger partial charge on any atom is -0.449 e. The molecule has 4 rings (SSSR count). The van der Waals surface area contributed by atoms with Crippen molar-refractivity contribution < 1.29 is 18.7 Å². The molecule has 2 aromatic carbocycles. The van der Waals surface area contributed by atoms with Gasteiger partial charge < -0.3 is 10.1 Å². The zero-order valence-corrected chi connectivity index (χ0v) is 17.1. The third kappa shape index (κ3) is 4.54. The lowest BCUT2D eigenvalue weighted by Crippen LogP contribution is -2.30. The number of ether oxygens (including phenoxy) is 1. The summed E-state index contributed by atoms with van der Waals surface area (Å²) in [6, 6.07) is 18.5. The summed E-state index contributed by atoms with van der Waals surface area (Å²) in [5.41, 5.74) is 1.93. The average molecular weight is 430 g/mol. The van der Waals surface area contributed by atoms with Gasteiger partial charge in [0.1, 0.15) is 17.1 Å². The molecule has 7 nitrogen and oxygen atoms in total. The molecule has 160 valence electrons. The summed E-state index contributed by atoms with van der Waals surface area (Å²) < 4.78 is 20.7. The fourth-order valence-corrected chi connectivity index (χ4v) is 3.03. The number of para-hydroxylation sites is 2. The largest absolute Gasteiger partial charge is 0.449 e. The van der Waals surface area contributed by atoms with Crippen molar-refractivity contribution in [3.63, 3.8) is 0 Å². The number of carbonyl (C=O) groups excluding carboxylic acids is 2. The first-order chi connectivity index (χ1) is 15.5. The van der Waals surface area contributed by atoms with Crippen LogP contribution in [0.2, 0.25) is 0 Å². The smallest absolute Gasteiger partial charge is 0.342 e. The maximum atomic E-state index is 13.8. The Morgan fingerprint density at radius 2 is 1.78 bits per heavy atom. The first kappa shape index (κ1) is 20.9. The Hall–Kier alpha value is -4.33. The van der Waals surface area contributed by atoms with Crippen molar-refractivity contribution in [3.05, 3.63) is 96.7 Å². The summed E-state index contributed by atoms with van der Waals surface area (Å²) in [5.74, 6) is -1.97. The number of rotatable bonds is 6. The van der Waals surface area contributed by atoms with Crippen molar-refractivity contribution in [2.45, 2.75) is 13.0 Å². The number of halogens is 1. The van der Waals surface area contributed by atoms with Gasteiger partial charge in [-0.25, -0.2) is 13.9 Å². The van der Waals surface area contributed by atoms with Crippen LogP contribution in [0.3, 0.4) is 0 Å². The Kier molecular flexibility index (Phi) is 6.03. The predicted octanol–water partition coefficient (Wildman–Crippen LogP) is 4.26. The summed E-state index contributed by atoms with van der Waals surface area (Å²) in [6.07, 6.45) is 3.58. The first-order valence-corrected chi connectivity index (χ1v) is 9.85. The molecule has 1 N–H and O–H groups in total. The molecule has 2 heterocycles. The molecule has 32 heavy (non-hydrogen) atoms.